The normalized spacial score (nSPS) is 50.0. The van der Waals surface area contributed by atoms with Gasteiger partial charge in [0.1, 0.15) is 30.0 Å². The maximum absolute atomic E-state index is 11.8. The summed E-state index contributed by atoms with van der Waals surface area (Å²) < 4.78 is 23.1. The second-order valence-corrected chi connectivity index (χ2v) is 8.41. The van der Waals surface area contributed by atoms with E-state index in [-0.39, 0.29) is 13.0 Å². The maximum atomic E-state index is 11.8. The molecule has 0 radical (unpaired) electrons. The molecule has 2 heterocycles. The lowest BCUT2D eigenvalue weighted by Gasteiger charge is -2.58. The van der Waals surface area contributed by atoms with E-state index in [1.54, 1.807) is 0 Å². The summed E-state index contributed by atoms with van der Waals surface area (Å²) in [6, 6.07) is 0. The van der Waals surface area contributed by atoms with Crippen LogP contribution in [-0.2, 0) is 28.5 Å². The van der Waals surface area contributed by atoms with Crippen molar-refractivity contribution in [2.24, 2.45) is 10.8 Å². The molecular weight excluding hydrogens is 356 g/mol. The number of epoxide rings is 1. The molecule has 2 saturated heterocycles. The first-order chi connectivity index (χ1) is 12.6. The number of hydrogen-bond donors (Lipinski definition) is 2. The van der Waals surface area contributed by atoms with E-state index in [2.05, 4.69) is 0 Å². The summed E-state index contributed by atoms with van der Waals surface area (Å²) in [5, 5.41) is 21.5. The Bertz CT molecular complexity index is 712. The largest absolute Gasteiger partial charge is 0.459 e. The highest BCUT2D eigenvalue weighted by Crippen LogP contribution is 2.71. The number of rotatable bonds is 3. The topological polar surface area (TPSA) is 115 Å². The molecule has 2 bridgehead atoms. The molecular formula is C19H26O8. The molecule has 2 N–H and O–H groups in total. The van der Waals surface area contributed by atoms with Crippen LogP contribution < -0.4 is 0 Å². The summed E-state index contributed by atoms with van der Waals surface area (Å²) in [5.74, 6) is -0.938. The van der Waals surface area contributed by atoms with Crippen LogP contribution in [0.3, 0.4) is 0 Å². The Labute approximate surface area is 157 Å². The van der Waals surface area contributed by atoms with Gasteiger partial charge in [-0.25, -0.2) is 0 Å². The van der Waals surface area contributed by atoms with Crippen molar-refractivity contribution in [1.82, 2.24) is 0 Å². The van der Waals surface area contributed by atoms with Crippen LogP contribution in [0.15, 0.2) is 11.6 Å². The van der Waals surface area contributed by atoms with E-state index >= 15 is 0 Å². The van der Waals surface area contributed by atoms with E-state index in [1.807, 2.05) is 19.9 Å². The van der Waals surface area contributed by atoms with Gasteiger partial charge in [-0.2, -0.15) is 0 Å². The first-order valence-corrected chi connectivity index (χ1v) is 9.24. The molecule has 8 nitrogen and oxygen atoms in total. The average molecular weight is 382 g/mol. The van der Waals surface area contributed by atoms with Crippen LogP contribution in [0.5, 0.6) is 0 Å². The number of esters is 2. The number of carbonyl (C=O) groups excluding carboxylic acids is 2. The lowest BCUT2D eigenvalue weighted by Crippen LogP contribution is -2.67. The standard InChI is InChI=1S/C19H26O8/c1-9-5-13-18(7-20,6-12(9)25-10(2)21)17(4)15(26-11(3)22)14(23)16(27-13)19(17)8-24-19/h5,12-16,20,23H,6-8H2,1-4H3/t12-,13-,14+,15+,16+,17+,18+,19-/m0/s1. The van der Waals surface area contributed by atoms with Crippen molar-refractivity contribution >= 4 is 11.9 Å². The molecule has 8 atom stereocenters. The number of fused-ring (bicyclic) bond motifs is 2. The Kier molecular flexibility index (Phi) is 4.03. The van der Waals surface area contributed by atoms with Gasteiger partial charge in [-0.3, -0.25) is 9.59 Å². The monoisotopic (exact) mass is 382 g/mol. The molecule has 4 rings (SSSR count). The van der Waals surface area contributed by atoms with Crippen molar-refractivity contribution < 1.29 is 38.7 Å². The second kappa shape index (κ2) is 5.76. The number of carbonyl (C=O) groups is 2. The van der Waals surface area contributed by atoms with Crippen molar-refractivity contribution in [3.63, 3.8) is 0 Å². The predicted octanol–water partition coefficient (Wildman–Crippen LogP) is 0.0957. The van der Waals surface area contributed by atoms with Crippen molar-refractivity contribution in [2.75, 3.05) is 13.2 Å². The fourth-order valence-corrected chi connectivity index (χ4v) is 5.72. The first kappa shape index (κ1) is 18.9. The lowest BCUT2D eigenvalue weighted by molar-refractivity contribution is -0.237. The molecule has 1 saturated carbocycles. The van der Waals surface area contributed by atoms with Crippen LogP contribution in [0, 0.1) is 10.8 Å². The quantitative estimate of drug-likeness (QED) is 0.401. The van der Waals surface area contributed by atoms with Gasteiger partial charge in [0, 0.05) is 19.3 Å². The number of aliphatic hydroxyl groups is 2. The molecule has 2 aliphatic carbocycles. The van der Waals surface area contributed by atoms with E-state index in [0.29, 0.717) is 6.61 Å². The maximum Gasteiger partial charge on any atom is 0.303 e. The van der Waals surface area contributed by atoms with E-state index in [4.69, 9.17) is 18.9 Å². The fourth-order valence-electron chi connectivity index (χ4n) is 5.72. The van der Waals surface area contributed by atoms with E-state index < -0.39 is 58.9 Å². The zero-order valence-electron chi connectivity index (χ0n) is 15.9. The lowest BCUT2D eigenvalue weighted by atomic mass is 9.51. The molecule has 2 aliphatic heterocycles. The van der Waals surface area contributed by atoms with Gasteiger partial charge in [-0.1, -0.05) is 13.0 Å². The van der Waals surface area contributed by atoms with Crippen LogP contribution in [0.25, 0.3) is 0 Å². The van der Waals surface area contributed by atoms with Crippen LogP contribution in [-0.4, -0.2) is 71.5 Å². The molecule has 4 aliphatic rings. The molecule has 1 spiro atoms. The molecule has 0 aromatic carbocycles. The van der Waals surface area contributed by atoms with Gasteiger partial charge >= 0.3 is 11.9 Å². The Balaban J connectivity index is 1.85. The molecule has 0 aromatic heterocycles. The minimum Gasteiger partial charge on any atom is -0.459 e. The third kappa shape index (κ3) is 2.18. The molecule has 0 aromatic rings. The summed E-state index contributed by atoms with van der Waals surface area (Å²) in [4.78, 5) is 23.3. The summed E-state index contributed by atoms with van der Waals surface area (Å²) in [6.45, 7) is 6.40. The molecule has 3 fully saturated rings. The second-order valence-electron chi connectivity index (χ2n) is 8.41. The number of aliphatic hydroxyl groups excluding tert-OH is 2. The van der Waals surface area contributed by atoms with Gasteiger partial charge in [0.05, 0.1) is 24.7 Å². The number of ether oxygens (including phenoxy) is 4. The smallest absolute Gasteiger partial charge is 0.303 e. The Hall–Kier alpha value is -1.48. The molecule has 0 amide bonds. The summed E-state index contributed by atoms with van der Waals surface area (Å²) in [6.07, 6.45) is -1.55. The van der Waals surface area contributed by atoms with Gasteiger partial charge in [0.2, 0.25) is 0 Å². The minimum absolute atomic E-state index is 0.287. The summed E-state index contributed by atoms with van der Waals surface area (Å²) in [7, 11) is 0. The van der Waals surface area contributed by atoms with Gasteiger partial charge in [-0.05, 0) is 18.9 Å². The Morgan fingerprint density at radius 1 is 1.30 bits per heavy atom. The zero-order chi connectivity index (χ0) is 19.8. The molecule has 0 unspecified atom stereocenters. The molecule has 8 heteroatoms. The van der Waals surface area contributed by atoms with Crippen LogP contribution in [0.1, 0.15) is 34.1 Å². The highest BCUT2D eigenvalue weighted by atomic mass is 16.7. The van der Waals surface area contributed by atoms with Crippen molar-refractivity contribution in [3.8, 4) is 0 Å². The van der Waals surface area contributed by atoms with Crippen molar-refractivity contribution in [3.05, 3.63) is 11.6 Å². The third-order valence-corrected chi connectivity index (χ3v) is 7.21. The predicted molar refractivity (Wildman–Crippen MR) is 90.5 cm³/mol. The first-order valence-electron chi connectivity index (χ1n) is 9.24. The van der Waals surface area contributed by atoms with Gasteiger partial charge in [0.15, 0.2) is 0 Å². The Morgan fingerprint density at radius 2 is 1.93 bits per heavy atom. The summed E-state index contributed by atoms with van der Waals surface area (Å²) in [5.41, 5.74) is -1.88. The van der Waals surface area contributed by atoms with E-state index in [1.165, 1.54) is 13.8 Å². The van der Waals surface area contributed by atoms with Gasteiger partial charge in [-0.15, -0.1) is 0 Å². The summed E-state index contributed by atoms with van der Waals surface area (Å²) >= 11 is 0. The zero-order valence-corrected chi connectivity index (χ0v) is 15.9. The van der Waals surface area contributed by atoms with Crippen LogP contribution in [0.2, 0.25) is 0 Å². The highest BCUT2D eigenvalue weighted by molar-refractivity contribution is 5.67. The molecule has 27 heavy (non-hydrogen) atoms. The van der Waals surface area contributed by atoms with Gasteiger partial charge in [0.25, 0.3) is 0 Å². The van der Waals surface area contributed by atoms with Crippen molar-refractivity contribution in [2.45, 2.75) is 70.2 Å². The van der Waals surface area contributed by atoms with E-state index in [0.717, 1.165) is 5.57 Å². The Morgan fingerprint density at radius 3 is 2.44 bits per heavy atom. The fraction of sp³-hybridized carbons (Fsp3) is 0.789. The highest BCUT2D eigenvalue weighted by Gasteiger charge is 2.85. The third-order valence-electron chi connectivity index (χ3n) is 7.21. The van der Waals surface area contributed by atoms with E-state index in [9.17, 15) is 19.8 Å². The van der Waals surface area contributed by atoms with Crippen LogP contribution in [0.4, 0.5) is 0 Å². The molecule has 150 valence electrons. The van der Waals surface area contributed by atoms with Crippen molar-refractivity contribution in [1.29, 1.82) is 0 Å². The number of hydrogen-bond acceptors (Lipinski definition) is 8. The minimum atomic E-state index is -1.07. The SMILES string of the molecule is CC(=O)O[C@H]1C[C@@]2(CO)[C@H](C=C1C)O[C@@H]1[C@H](O)[C@@H](OC(C)=O)[C@@]2(C)[C@]12CO2. The average Bonchev–Trinajstić information content (AvgIpc) is 3.36. The van der Waals surface area contributed by atoms with Gasteiger partial charge < -0.3 is 29.2 Å². The van der Waals surface area contributed by atoms with Crippen LogP contribution >= 0.6 is 0 Å².